The van der Waals surface area contributed by atoms with Gasteiger partial charge in [-0.2, -0.15) is 0 Å². The van der Waals surface area contributed by atoms with Gasteiger partial charge in [-0.1, -0.05) is 6.92 Å². The third kappa shape index (κ3) is 3.32. The summed E-state index contributed by atoms with van der Waals surface area (Å²) in [5, 5.41) is 0. The first-order chi connectivity index (χ1) is 7.19. The minimum atomic E-state index is 0.563. The van der Waals surface area contributed by atoms with E-state index < -0.39 is 0 Å². The predicted octanol–water partition coefficient (Wildman–Crippen LogP) is 1.07. The van der Waals surface area contributed by atoms with Gasteiger partial charge in [0.2, 0.25) is 0 Å². The van der Waals surface area contributed by atoms with Crippen molar-refractivity contribution >= 4 is 0 Å². The Morgan fingerprint density at radius 3 is 2.93 bits per heavy atom. The fraction of sp³-hybridized carbons (Fsp3) is 0.727. The highest BCUT2D eigenvalue weighted by Crippen LogP contribution is 2.02. The van der Waals surface area contributed by atoms with Gasteiger partial charge in [-0.15, -0.1) is 0 Å². The SMILES string of the molecule is CCC(C)N(C)CCn1cncc1CN. The summed E-state index contributed by atoms with van der Waals surface area (Å²) in [6.07, 6.45) is 4.88. The van der Waals surface area contributed by atoms with Gasteiger partial charge in [0.25, 0.3) is 0 Å². The summed E-state index contributed by atoms with van der Waals surface area (Å²) in [6.45, 7) is 7.03. The van der Waals surface area contributed by atoms with Crippen LogP contribution in [0, 0.1) is 0 Å². The van der Waals surface area contributed by atoms with Crippen molar-refractivity contribution in [1.29, 1.82) is 0 Å². The first kappa shape index (κ1) is 12.2. The quantitative estimate of drug-likeness (QED) is 0.764. The molecule has 1 aromatic rings. The van der Waals surface area contributed by atoms with Gasteiger partial charge >= 0.3 is 0 Å². The molecule has 0 amide bonds. The van der Waals surface area contributed by atoms with E-state index in [1.54, 1.807) is 0 Å². The van der Waals surface area contributed by atoms with E-state index in [2.05, 4.69) is 35.3 Å². The lowest BCUT2D eigenvalue weighted by atomic mass is 10.2. The van der Waals surface area contributed by atoms with E-state index in [9.17, 15) is 0 Å². The van der Waals surface area contributed by atoms with Crippen LogP contribution >= 0.6 is 0 Å². The van der Waals surface area contributed by atoms with E-state index in [0.29, 0.717) is 12.6 Å². The number of imidazole rings is 1. The van der Waals surface area contributed by atoms with Crippen molar-refractivity contribution in [3.8, 4) is 0 Å². The molecule has 1 atom stereocenters. The molecule has 1 aromatic heterocycles. The van der Waals surface area contributed by atoms with Gasteiger partial charge in [0, 0.05) is 31.9 Å². The molecule has 0 spiro atoms. The summed E-state index contributed by atoms with van der Waals surface area (Å²) < 4.78 is 2.12. The largest absolute Gasteiger partial charge is 0.332 e. The second-order valence-corrected chi connectivity index (χ2v) is 4.02. The molecule has 86 valence electrons. The molecule has 0 radical (unpaired) electrons. The van der Waals surface area contributed by atoms with Crippen molar-refractivity contribution in [2.75, 3.05) is 13.6 Å². The predicted molar refractivity (Wildman–Crippen MR) is 62.5 cm³/mol. The summed E-state index contributed by atoms with van der Waals surface area (Å²) in [5.41, 5.74) is 6.72. The lowest BCUT2D eigenvalue weighted by molar-refractivity contribution is 0.241. The third-order valence-corrected chi connectivity index (χ3v) is 3.04. The Kier molecular flexibility index (Phi) is 4.78. The van der Waals surface area contributed by atoms with Gasteiger partial charge in [0.1, 0.15) is 0 Å². The van der Waals surface area contributed by atoms with E-state index >= 15 is 0 Å². The molecular weight excluding hydrogens is 188 g/mol. The van der Waals surface area contributed by atoms with Crippen molar-refractivity contribution < 1.29 is 0 Å². The Balaban J connectivity index is 2.43. The molecule has 15 heavy (non-hydrogen) atoms. The highest BCUT2D eigenvalue weighted by atomic mass is 15.2. The van der Waals surface area contributed by atoms with Gasteiger partial charge in [-0.25, -0.2) is 4.98 Å². The number of nitrogens with zero attached hydrogens (tertiary/aromatic N) is 3. The standard InChI is InChI=1S/C11H22N4/c1-4-10(2)14(3)5-6-15-9-13-8-11(15)7-12/h8-10H,4-7,12H2,1-3H3. The molecule has 1 unspecified atom stereocenters. The topological polar surface area (TPSA) is 47.1 Å². The number of aromatic nitrogens is 2. The van der Waals surface area contributed by atoms with Crippen molar-refractivity contribution in [1.82, 2.24) is 14.5 Å². The Hall–Kier alpha value is -0.870. The number of nitrogens with two attached hydrogens (primary N) is 1. The van der Waals surface area contributed by atoms with E-state index in [1.807, 2.05) is 12.5 Å². The molecule has 1 heterocycles. The van der Waals surface area contributed by atoms with Crippen LogP contribution in [0.15, 0.2) is 12.5 Å². The average molecular weight is 210 g/mol. The van der Waals surface area contributed by atoms with E-state index in [0.717, 1.165) is 18.8 Å². The molecule has 0 aliphatic heterocycles. The Bertz CT molecular complexity index is 282. The van der Waals surface area contributed by atoms with Crippen LogP contribution in [0.4, 0.5) is 0 Å². The first-order valence-corrected chi connectivity index (χ1v) is 5.58. The van der Waals surface area contributed by atoms with Gasteiger partial charge < -0.3 is 15.2 Å². The van der Waals surface area contributed by atoms with Crippen LogP contribution in [0.5, 0.6) is 0 Å². The monoisotopic (exact) mass is 210 g/mol. The Morgan fingerprint density at radius 1 is 1.60 bits per heavy atom. The highest BCUT2D eigenvalue weighted by Gasteiger charge is 2.07. The van der Waals surface area contributed by atoms with E-state index in [4.69, 9.17) is 5.73 Å². The van der Waals surface area contributed by atoms with Crippen LogP contribution in [0.2, 0.25) is 0 Å². The maximum Gasteiger partial charge on any atom is 0.0949 e. The van der Waals surface area contributed by atoms with Crippen molar-refractivity contribution in [3.05, 3.63) is 18.2 Å². The van der Waals surface area contributed by atoms with E-state index in [-0.39, 0.29) is 0 Å². The maximum absolute atomic E-state index is 5.61. The zero-order valence-corrected chi connectivity index (χ0v) is 9.98. The molecule has 0 bridgehead atoms. The van der Waals surface area contributed by atoms with Crippen LogP contribution < -0.4 is 5.73 Å². The maximum atomic E-state index is 5.61. The third-order valence-electron chi connectivity index (χ3n) is 3.04. The Labute approximate surface area is 92.1 Å². The van der Waals surface area contributed by atoms with Crippen molar-refractivity contribution in [2.45, 2.75) is 39.4 Å². The minimum absolute atomic E-state index is 0.563. The molecule has 1 rings (SSSR count). The average Bonchev–Trinajstić information content (AvgIpc) is 2.71. The molecule has 2 N–H and O–H groups in total. The fourth-order valence-electron chi connectivity index (χ4n) is 1.52. The van der Waals surface area contributed by atoms with Gasteiger partial charge in [0.15, 0.2) is 0 Å². The van der Waals surface area contributed by atoms with Crippen LogP contribution in [0.1, 0.15) is 26.0 Å². The van der Waals surface area contributed by atoms with Crippen LogP contribution in [0.25, 0.3) is 0 Å². The summed E-state index contributed by atoms with van der Waals surface area (Å²) in [6, 6.07) is 0.634. The van der Waals surface area contributed by atoms with Crippen LogP contribution in [0.3, 0.4) is 0 Å². The minimum Gasteiger partial charge on any atom is -0.332 e. The second kappa shape index (κ2) is 5.88. The Morgan fingerprint density at radius 2 is 2.33 bits per heavy atom. The smallest absolute Gasteiger partial charge is 0.0949 e. The first-order valence-electron chi connectivity index (χ1n) is 5.58. The molecule has 0 aromatic carbocycles. The van der Waals surface area contributed by atoms with Gasteiger partial charge in [-0.05, 0) is 20.4 Å². The molecule has 0 aliphatic carbocycles. The molecule has 4 nitrogen and oxygen atoms in total. The van der Waals surface area contributed by atoms with Crippen molar-refractivity contribution in [2.24, 2.45) is 5.73 Å². The number of hydrogen-bond acceptors (Lipinski definition) is 3. The highest BCUT2D eigenvalue weighted by molar-refractivity contribution is 4.97. The fourth-order valence-corrected chi connectivity index (χ4v) is 1.52. The van der Waals surface area contributed by atoms with Crippen LogP contribution in [-0.2, 0) is 13.1 Å². The van der Waals surface area contributed by atoms with E-state index in [1.165, 1.54) is 6.42 Å². The van der Waals surface area contributed by atoms with Gasteiger partial charge in [-0.3, -0.25) is 0 Å². The molecule has 0 fully saturated rings. The van der Waals surface area contributed by atoms with Crippen LogP contribution in [-0.4, -0.2) is 34.1 Å². The zero-order chi connectivity index (χ0) is 11.3. The molecule has 0 aliphatic rings. The second-order valence-electron chi connectivity index (χ2n) is 4.02. The number of rotatable bonds is 6. The number of likely N-dealkylation sites (N-methyl/N-ethyl adjacent to an activating group) is 1. The van der Waals surface area contributed by atoms with Gasteiger partial charge in [0.05, 0.1) is 12.0 Å². The summed E-state index contributed by atoms with van der Waals surface area (Å²) >= 11 is 0. The summed E-state index contributed by atoms with van der Waals surface area (Å²) in [5.74, 6) is 0. The van der Waals surface area contributed by atoms with Crippen molar-refractivity contribution in [3.63, 3.8) is 0 Å². The molecular formula is C11H22N4. The zero-order valence-electron chi connectivity index (χ0n) is 9.98. The summed E-state index contributed by atoms with van der Waals surface area (Å²) in [4.78, 5) is 6.46. The molecule has 0 saturated heterocycles. The molecule has 0 saturated carbocycles. The number of hydrogen-bond donors (Lipinski definition) is 1. The summed E-state index contributed by atoms with van der Waals surface area (Å²) in [7, 11) is 2.16. The lowest BCUT2D eigenvalue weighted by Crippen LogP contribution is -2.31. The normalized spacial score (nSPS) is 13.4. The lowest BCUT2D eigenvalue weighted by Gasteiger charge is -2.23. The molecule has 4 heteroatoms.